The SMILES string of the molecule is COc1cccc(N(CC(=O)N(Cc2ccc(C)cc2)[C@@H](C)C(=O)NC2CCCCC2)S(=O)(=O)c2ccccc2)c1. The van der Waals surface area contributed by atoms with Gasteiger partial charge in [-0.15, -0.1) is 0 Å². The van der Waals surface area contributed by atoms with Crippen LogP contribution in [0.15, 0.2) is 83.8 Å². The first-order chi connectivity index (χ1) is 19.7. The molecule has 1 aliphatic rings. The van der Waals surface area contributed by atoms with Crippen molar-refractivity contribution in [2.24, 2.45) is 0 Å². The van der Waals surface area contributed by atoms with Crippen LogP contribution >= 0.6 is 0 Å². The Morgan fingerprint density at radius 1 is 0.951 bits per heavy atom. The normalized spacial score (nSPS) is 14.6. The third-order valence-electron chi connectivity index (χ3n) is 7.54. The number of methoxy groups -OCH3 is 1. The number of aryl methyl sites for hydroxylation is 1. The lowest BCUT2D eigenvalue weighted by Crippen LogP contribution is -2.53. The molecule has 8 nitrogen and oxygen atoms in total. The Bertz CT molecular complexity index is 1420. The van der Waals surface area contributed by atoms with Crippen LogP contribution in [0.1, 0.15) is 50.2 Å². The van der Waals surface area contributed by atoms with Gasteiger partial charge in [-0.05, 0) is 56.5 Å². The van der Waals surface area contributed by atoms with Gasteiger partial charge in [0.1, 0.15) is 18.3 Å². The van der Waals surface area contributed by atoms with Crippen molar-refractivity contribution in [3.05, 3.63) is 90.0 Å². The molecule has 0 aromatic heterocycles. The third-order valence-corrected chi connectivity index (χ3v) is 9.33. The Morgan fingerprint density at radius 3 is 2.29 bits per heavy atom. The van der Waals surface area contributed by atoms with Gasteiger partial charge in [-0.25, -0.2) is 8.42 Å². The van der Waals surface area contributed by atoms with Gasteiger partial charge in [0, 0.05) is 18.7 Å². The number of benzene rings is 3. The summed E-state index contributed by atoms with van der Waals surface area (Å²) >= 11 is 0. The predicted octanol–water partition coefficient (Wildman–Crippen LogP) is 5.07. The van der Waals surface area contributed by atoms with E-state index in [2.05, 4.69) is 5.32 Å². The van der Waals surface area contributed by atoms with Gasteiger partial charge in [-0.1, -0.05) is 73.4 Å². The maximum absolute atomic E-state index is 14.1. The zero-order chi connectivity index (χ0) is 29.4. The molecule has 4 rings (SSSR count). The van der Waals surface area contributed by atoms with Gasteiger partial charge < -0.3 is 15.0 Å². The Labute approximate surface area is 243 Å². The van der Waals surface area contributed by atoms with Gasteiger partial charge in [-0.2, -0.15) is 0 Å². The van der Waals surface area contributed by atoms with Crippen LogP contribution in [0.5, 0.6) is 5.75 Å². The molecule has 0 radical (unpaired) electrons. The highest BCUT2D eigenvalue weighted by Crippen LogP contribution is 2.28. The fraction of sp³-hybridized carbons (Fsp3) is 0.375. The van der Waals surface area contributed by atoms with Crippen molar-refractivity contribution in [2.45, 2.75) is 69.5 Å². The highest BCUT2D eigenvalue weighted by atomic mass is 32.2. The van der Waals surface area contributed by atoms with E-state index in [1.807, 2.05) is 31.2 Å². The minimum atomic E-state index is -4.13. The molecule has 0 aliphatic heterocycles. The van der Waals surface area contributed by atoms with E-state index in [0.717, 1.165) is 47.5 Å². The largest absolute Gasteiger partial charge is 0.497 e. The van der Waals surface area contributed by atoms with Gasteiger partial charge in [-0.3, -0.25) is 13.9 Å². The van der Waals surface area contributed by atoms with E-state index < -0.39 is 28.5 Å². The average molecular weight is 578 g/mol. The summed E-state index contributed by atoms with van der Waals surface area (Å²) in [5.74, 6) is -0.268. The number of nitrogens with one attached hydrogen (secondary N) is 1. The molecule has 1 fully saturated rings. The Kier molecular flexibility index (Phi) is 10.0. The lowest BCUT2D eigenvalue weighted by molar-refractivity contribution is -0.139. The van der Waals surface area contributed by atoms with E-state index in [4.69, 9.17) is 4.74 Å². The summed E-state index contributed by atoms with van der Waals surface area (Å²) in [5, 5.41) is 3.12. The van der Waals surface area contributed by atoms with Crippen LogP contribution < -0.4 is 14.4 Å². The third kappa shape index (κ3) is 7.67. The first-order valence-corrected chi connectivity index (χ1v) is 15.5. The Hall–Kier alpha value is -3.85. The van der Waals surface area contributed by atoms with E-state index in [-0.39, 0.29) is 29.1 Å². The van der Waals surface area contributed by atoms with Crippen LogP contribution in [0, 0.1) is 6.92 Å². The smallest absolute Gasteiger partial charge is 0.264 e. The number of carbonyl (C=O) groups is 2. The second-order valence-electron chi connectivity index (χ2n) is 10.6. The van der Waals surface area contributed by atoms with Gasteiger partial charge in [0.05, 0.1) is 17.7 Å². The van der Waals surface area contributed by atoms with E-state index in [0.29, 0.717) is 5.75 Å². The van der Waals surface area contributed by atoms with Crippen molar-refractivity contribution in [3.8, 4) is 5.75 Å². The molecule has 41 heavy (non-hydrogen) atoms. The monoisotopic (exact) mass is 577 g/mol. The van der Waals surface area contributed by atoms with Gasteiger partial charge >= 0.3 is 0 Å². The van der Waals surface area contributed by atoms with Gasteiger partial charge in [0.25, 0.3) is 10.0 Å². The van der Waals surface area contributed by atoms with E-state index in [1.165, 1.54) is 24.1 Å². The first-order valence-electron chi connectivity index (χ1n) is 14.1. The molecule has 1 atom stereocenters. The van der Waals surface area contributed by atoms with E-state index >= 15 is 0 Å². The Morgan fingerprint density at radius 2 is 1.63 bits per heavy atom. The number of amides is 2. The summed E-state index contributed by atoms with van der Waals surface area (Å²) < 4.78 is 34.2. The number of ether oxygens (including phenoxy) is 1. The molecule has 9 heteroatoms. The number of rotatable bonds is 11. The lowest BCUT2D eigenvalue weighted by Gasteiger charge is -2.33. The molecule has 1 saturated carbocycles. The summed E-state index contributed by atoms with van der Waals surface area (Å²) in [5.41, 5.74) is 2.21. The summed E-state index contributed by atoms with van der Waals surface area (Å²) in [7, 11) is -2.63. The number of sulfonamides is 1. The van der Waals surface area contributed by atoms with Gasteiger partial charge in [0.15, 0.2) is 0 Å². The lowest BCUT2D eigenvalue weighted by atomic mass is 9.95. The predicted molar refractivity (Wildman–Crippen MR) is 160 cm³/mol. The highest BCUT2D eigenvalue weighted by molar-refractivity contribution is 7.92. The topological polar surface area (TPSA) is 96.0 Å². The molecule has 0 bridgehead atoms. The maximum atomic E-state index is 14.1. The summed E-state index contributed by atoms with van der Waals surface area (Å²) in [6.45, 7) is 3.35. The average Bonchev–Trinajstić information content (AvgIpc) is 3.00. The van der Waals surface area contributed by atoms with Crippen molar-refractivity contribution in [2.75, 3.05) is 18.0 Å². The number of carbonyl (C=O) groups excluding carboxylic acids is 2. The van der Waals surface area contributed by atoms with Crippen molar-refractivity contribution in [3.63, 3.8) is 0 Å². The minimum absolute atomic E-state index is 0.0591. The molecular formula is C32H39N3O5S. The molecule has 3 aromatic carbocycles. The quantitative estimate of drug-likeness (QED) is 0.344. The van der Waals surface area contributed by atoms with Crippen LogP contribution in [0.4, 0.5) is 5.69 Å². The number of hydrogen-bond donors (Lipinski definition) is 1. The maximum Gasteiger partial charge on any atom is 0.264 e. The molecule has 0 spiro atoms. The molecule has 218 valence electrons. The fourth-order valence-corrected chi connectivity index (χ4v) is 6.48. The molecule has 2 amide bonds. The first kappa shape index (κ1) is 30.1. The summed E-state index contributed by atoms with van der Waals surface area (Å²) in [6.07, 6.45) is 5.14. The zero-order valence-electron chi connectivity index (χ0n) is 24.0. The highest BCUT2D eigenvalue weighted by Gasteiger charge is 2.33. The molecule has 0 heterocycles. The van der Waals surface area contributed by atoms with Gasteiger partial charge in [0.2, 0.25) is 11.8 Å². The standard InChI is InChI=1S/C32H39N3O5S/c1-24-17-19-26(20-18-24)22-34(25(2)32(37)33-27-11-6-4-7-12-27)31(36)23-35(28-13-10-14-29(21-28)40-3)41(38,39)30-15-8-5-9-16-30/h5,8-10,13-21,25,27H,4,6-7,11-12,22-23H2,1-3H3,(H,33,37)/t25-/m0/s1. The molecule has 0 saturated heterocycles. The zero-order valence-corrected chi connectivity index (χ0v) is 24.8. The van der Waals surface area contributed by atoms with Crippen LogP contribution in [0.25, 0.3) is 0 Å². The van der Waals surface area contributed by atoms with Crippen molar-refractivity contribution in [1.82, 2.24) is 10.2 Å². The minimum Gasteiger partial charge on any atom is -0.497 e. The van der Waals surface area contributed by atoms with Crippen LogP contribution in [-0.4, -0.2) is 50.9 Å². The number of nitrogens with zero attached hydrogens (tertiary/aromatic N) is 2. The van der Waals surface area contributed by atoms with Crippen LogP contribution in [0.3, 0.4) is 0 Å². The summed E-state index contributed by atoms with van der Waals surface area (Å²) in [6, 6.07) is 21.6. The number of hydrogen-bond acceptors (Lipinski definition) is 5. The molecular weight excluding hydrogens is 538 g/mol. The second-order valence-corrected chi connectivity index (χ2v) is 12.4. The Balaban J connectivity index is 1.67. The molecule has 3 aromatic rings. The summed E-state index contributed by atoms with van der Waals surface area (Å²) in [4.78, 5) is 29.0. The van der Waals surface area contributed by atoms with Crippen molar-refractivity contribution in [1.29, 1.82) is 0 Å². The molecule has 1 aliphatic carbocycles. The number of anilines is 1. The molecule has 0 unspecified atom stereocenters. The van der Waals surface area contributed by atoms with E-state index in [1.54, 1.807) is 49.4 Å². The van der Waals surface area contributed by atoms with E-state index in [9.17, 15) is 18.0 Å². The van der Waals surface area contributed by atoms with Crippen molar-refractivity contribution >= 4 is 27.5 Å². The fourth-order valence-electron chi connectivity index (χ4n) is 5.06. The van der Waals surface area contributed by atoms with Crippen LogP contribution in [-0.2, 0) is 26.2 Å². The second kappa shape index (κ2) is 13.7. The van der Waals surface area contributed by atoms with Crippen molar-refractivity contribution < 1.29 is 22.7 Å². The molecule has 1 N–H and O–H groups in total. The van der Waals surface area contributed by atoms with Crippen LogP contribution in [0.2, 0.25) is 0 Å².